The molecule has 0 heterocycles. The summed E-state index contributed by atoms with van der Waals surface area (Å²) in [5, 5.41) is 8.76. The highest BCUT2D eigenvalue weighted by atomic mass is 16.3. The second-order valence-corrected chi connectivity index (χ2v) is 3.65. The smallest absolute Gasteiger partial charge is 0.0433 e. The first-order chi connectivity index (χ1) is 5.36. The summed E-state index contributed by atoms with van der Waals surface area (Å²) < 4.78 is 0. The van der Waals surface area contributed by atoms with Gasteiger partial charge in [0.1, 0.15) is 0 Å². The van der Waals surface area contributed by atoms with E-state index in [0.717, 1.165) is 18.3 Å². The maximum atomic E-state index is 8.76. The van der Waals surface area contributed by atoms with Crippen molar-refractivity contribution in [3.63, 3.8) is 0 Å². The molecule has 1 aliphatic carbocycles. The molecule has 2 unspecified atom stereocenters. The second kappa shape index (κ2) is 4.76. The zero-order valence-electron chi connectivity index (χ0n) is 7.42. The minimum absolute atomic E-state index is 0.370. The van der Waals surface area contributed by atoms with Gasteiger partial charge in [0.15, 0.2) is 0 Å². The molecule has 1 saturated carbocycles. The molecular weight excluding hydrogens is 136 g/mol. The molecule has 0 spiro atoms. The van der Waals surface area contributed by atoms with Gasteiger partial charge in [0.2, 0.25) is 0 Å². The Labute approximate surface area is 69.8 Å². The molecule has 0 saturated heterocycles. The van der Waals surface area contributed by atoms with E-state index in [1.807, 2.05) is 0 Å². The van der Waals surface area contributed by atoms with E-state index < -0.39 is 0 Å². The highest BCUT2D eigenvalue weighted by Gasteiger charge is 2.19. The summed E-state index contributed by atoms with van der Waals surface area (Å²) in [5.41, 5.74) is 0. The van der Waals surface area contributed by atoms with Crippen molar-refractivity contribution >= 4 is 0 Å². The standard InChI is InChI=1S/C10H19O/c1-2-9-4-3-5-10(8-9)6-7-11/h3,9-11H,2,4-8H2,1H3. The van der Waals surface area contributed by atoms with E-state index in [1.54, 1.807) is 0 Å². The van der Waals surface area contributed by atoms with Gasteiger partial charge in [-0.15, -0.1) is 0 Å². The summed E-state index contributed by atoms with van der Waals surface area (Å²) in [6.07, 6.45) is 8.59. The zero-order valence-corrected chi connectivity index (χ0v) is 7.42. The molecule has 0 aromatic heterocycles. The van der Waals surface area contributed by atoms with E-state index in [9.17, 15) is 0 Å². The van der Waals surface area contributed by atoms with Gasteiger partial charge in [-0.25, -0.2) is 0 Å². The van der Waals surface area contributed by atoms with E-state index in [4.69, 9.17) is 5.11 Å². The van der Waals surface area contributed by atoms with Crippen LogP contribution in [0.4, 0.5) is 0 Å². The lowest BCUT2D eigenvalue weighted by molar-refractivity contribution is 0.218. The normalized spacial score (nSPS) is 32.2. The first kappa shape index (κ1) is 9.05. The average Bonchev–Trinajstić information content (AvgIpc) is 2.06. The number of hydrogen-bond donors (Lipinski definition) is 1. The summed E-state index contributed by atoms with van der Waals surface area (Å²) in [7, 11) is 0. The van der Waals surface area contributed by atoms with E-state index in [2.05, 4.69) is 13.3 Å². The molecule has 0 bridgehead atoms. The van der Waals surface area contributed by atoms with Gasteiger partial charge in [0.05, 0.1) is 0 Å². The van der Waals surface area contributed by atoms with Gasteiger partial charge in [0, 0.05) is 6.61 Å². The van der Waals surface area contributed by atoms with Gasteiger partial charge in [-0.1, -0.05) is 13.3 Å². The second-order valence-electron chi connectivity index (χ2n) is 3.65. The first-order valence-electron chi connectivity index (χ1n) is 4.79. The van der Waals surface area contributed by atoms with E-state index in [0.29, 0.717) is 6.61 Å². The zero-order chi connectivity index (χ0) is 8.10. The minimum atomic E-state index is 0.370. The molecule has 1 aliphatic rings. The molecule has 11 heavy (non-hydrogen) atoms. The average molecular weight is 155 g/mol. The highest BCUT2D eigenvalue weighted by molar-refractivity contribution is 4.82. The van der Waals surface area contributed by atoms with Crippen molar-refractivity contribution in [2.45, 2.75) is 39.0 Å². The molecule has 1 nitrogen and oxygen atoms in total. The van der Waals surface area contributed by atoms with Crippen LogP contribution < -0.4 is 0 Å². The quantitative estimate of drug-likeness (QED) is 0.663. The molecule has 65 valence electrons. The van der Waals surface area contributed by atoms with Gasteiger partial charge in [-0.2, -0.15) is 0 Å². The van der Waals surface area contributed by atoms with Crippen molar-refractivity contribution in [3.8, 4) is 0 Å². The summed E-state index contributed by atoms with van der Waals surface area (Å²) in [4.78, 5) is 0. The van der Waals surface area contributed by atoms with Crippen molar-refractivity contribution in [1.29, 1.82) is 0 Å². The third kappa shape index (κ3) is 2.82. The van der Waals surface area contributed by atoms with Gasteiger partial charge < -0.3 is 5.11 Å². The van der Waals surface area contributed by atoms with Crippen LogP contribution in [0.1, 0.15) is 39.0 Å². The third-order valence-electron chi connectivity index (χ3n) is 2.78. The molecule has 1 radical (unpaired) electrons. The largest absolute Gasteiger partial charge is 0.396 e. The van der Waals surface area contributed by atoms with Crippen LogP contribution in [-0.4, -0.2) is 11.7 Å². The Morgan fingerprint density at radius 2 is 2.09 bits per heavy atom. The Morgan fingerprint density at radius 3 is 2.73 bits per heavy atom. The molecule has 0 aromatic carbocycles. The van der Waals surface area contributed by atoms with E-state index in [1.165, 1.54) is 25.7 Å². The summed E-state index contributed by atoms with van der Waals surface area (Å²) in [5.74, 6) is 1.68. The maximum absolute atomic E-state index is 8.76. The van der Waals surface area contributed by atoms with Gasteiger partial charge in [-0.3, -0.25) is 0 Å². The van der Waals surface area contributed by atoms with Crippen molar-refractivity contribution in [2.24, 2.45) is 11.8 Å². The van der Waals surface area contributed by atoms with Gasteiger partial charge in [-0.05, 0) is 43.9 Å². The van der Waals surface area contributed by atoms with Crippen LogP contribution in [0.25, 0.3) is 0 Å². The Morgan fingerprint density at radius 1 is 1.36 bits per heavy atom. The van der Waals surface area contributed by atoms with E-state index in [-0.39, 0.29) is 0 Å². The predicted octanol–water partition coefficient (Wildman–Crippen LogP) is 2.40. The molecular formula is C10H19O. The minimum Gasteiger partial charge on any atom is -0.396 e. The van der Waals surface area contributed by atoms with E-state index >= 15 is 0 Å². The van der Waals surface area contributed by atoms with Crippen LogP contribution in [0.15, 0.2) is 0 Å². The Kier molecular flexibility index (Phi) is 3.92. The molecule has 0 aromatic rings. The molecule has 1 N–H and O–H groups in total. The van der Waals surface area contributed by atoms with Crippen LogP contribution in [0.2, 0.25) is 0 Å². The van der Waals surface area contributed by atoms with Crippen molar-refractivity contribution in [2.75, 3.05) is 6.61 Å². The van der Waals surface area contributed by atoms with Crippen LogP contribution >= 0.6 is 0 Å². The summed E-state index contributed by atoms with van der Waals surface area (Å²) in [6, 6.07) is 0. The molecule has 1 rings (SSSR count). The molecule has 0 amide bonds. The fraction of sp³-hybridized carbons (Fsp3) is 0.900. The Balaban J connectivity index is 2.21. The number of rotatable bonds is 3. The molecule has 1 fully saturated rings. The molecule has 0 aliphatic heterocycles. The lowest BCUT2D eigenvalue weighted by atomic mass is 9.79. The predicted molar refractivity (Wildman–Crippen MR) is 47.1 cm³/mol. The Hall–Kier alpha value is -0.0400. The van der Waals surface area contributed by atoms with Crippen LogP contribution in [0.3, 0.4) is 0 Å². The van der Waals surface area contributed by atoms with Crippen molar-refractivity contribution < 1.29 is 5.11 Å². The highest BCUT2D eigenvalue weighted by Crippen LogP contribution is 2.31. The fourth-order valence-electron chi connectivity index (χ4n) is 1.98. The van der Waals surface area contributed by atoms with Gasteiger partial charge >= 0.3 is 0 Å². The maximum Gasteiger partial charge on any atom is 0.0433 e. The topological polar surface area (TPSA) is 20.2 Å². The molecule has 2 atom stereocenters. The van der Waals surface area contributed by atoms with Crippen LogP contribution in [0, 0.1) is 18.3 Å². The first-order valence-corrected chi connectivity index (χ1v) is 4.79. The number of aliphatic hydroxyl groups excluding tert-OH is 1. The third-order valence-corrected chi connectivity index (χ3v) is 2.78. The summed E-state index contributed by atoms with van der Waals surface area (Å²) in [6.45, 7) is 2.63. The SMILES string of the molecule is CCC1C[CH]CC(CCO)C1. The van der Waals surface area contributed by atoms with Crippen LogP contribution in [-0.2, 0) is 0 Å². The van der Waals surface area contributed by atoms with Crippen molar-refractivity contribution in [3.05, 3.63) is 6.42 Å². The lowest BCUT2D eigenvalue weighted by Crippen LogP contribution is -2.16. The summed E-state index contributed by atoms with van der Waals surface area (Å²) >= 11 is 0. The molecule has 1 heteroatoms. The number of aliphatic hydroxyl groups is 1. The number of hydrogen-bond acceptors (Lipinski definition) is 1. The Bertz CT molecular complexity index is 99.0. The van der Waals surface area contributed by atoms with Gasteiger partial charge in [0.25, 0.3) is 0 Å². The lowest BCUT2D eigenvalue weighted by Gasteiger charge is -2.27. The van der Waals surface area contributed by atoms with Crippen LogP contribution in [0.5, 0.6) is 0 Å². The van der Waals surface area contributed by atoms with Crippen molar-refractivity contribution in [1.82, 2.24) is 0 Å². The monoisotopic (exact) mass is 155 g/mol. The fourth-order valence-corrected chi connectivity index (χ4v) is 1.98.